The van der Waals surface area contributed by atoms with Crippen LogP contribution in [0.4, 0.5) is 17.1 Å². The molecule has 1 aromatic rings. The SMILES string of the molecule is CC1CN(c2cc3c(cc2N)CC(=O)N3)CC1C. The Hall–Kier alpha value is -1.71. The molecule has 0 saturated carbocycles. The minimum atomic E-state index is 0.0599. The van der Waals surface area contributed by atoms with E-state index < -0.39 is 0 Å². The van der Waals surface area contributed by atoms with E-state index in [4.69, 9.17) is 5.73 Å². The van der Waals surface area contributed by atoms with Gasteiger partial charge in [0.1, 0.15) is 0 Å². The second kappa shape index (κ2) is 3.90. The van der Waals surface area contributed by atoms with Crippen molar-refractivity contribution in [3.8, 4) is 0 Å². The van der Waals surface area contributed by atoms with Crippen molar-refractivity contribution in [1.29, 1.82) is 0 Å². The number of rotatable bonds is 1. The highest BCUT2D eigenvalue weighted by molar-refractivity contribution is 6.00. The third kappa shape index (κ3) is 1.72. The number of nitrogens with two attached hydrogens (primary N) is 1. The molecule has 3 rings (SSSR count). The third-order valence-electron chi connectivity index (χ3n) is 4.21. The highest BCUT2D eigenvalue weighted by Crippen LogP contribution is 2.37. The fourth-order valence-corrected chi connectivity index (χ4v) is 2.88. The van der Waals surface area contributed by atoms with Gasteiger partial charge in [0.2, 0.25) is 5.91 Å². The van der Waals surface area contributed by atoms with Gasteiger partial charge in [0.15, 0.2) is 0 Å². The normalized spacial score (nSPS) is 26.3. The molecule has 2 aliphatic heterocycles. The topological polar surface area (TPSA) is 58.4 Å². The number of benzene rings is 1. The summed E-state index contributed by atoms with van der Waals surface area (Å²) in [5.41, 5.74) is 9.92. The molecule has 4 nitrogen and oxygen atoms in total. The molecule has 1 amide bonds. The van der Waals surface area contributed by atoms with Crippen LogP contribution >= 0.6 is 0 Å². The van der Waals surface area contributed by atoms with E-state index in [9.17, 15) is 4.79 Å². The average molecular weight is 245 g/mol. The first-order valence-electron chi connectivity index (χ1n) is 6.52. The highest BCUT2D eigenvalue weighted by atomic mass is 16.1. The number of nitrogen functional groups attached to an aromatic ring is 1. The maximum absolute atomic E-state index is 11.4. The van der Waals surface area contributed by atoms with E-state index >= 15 is 0 Å². The van der Waals surface area contributed by atoms with Gasteiger partial charge >= 0.3 is 0 Å². The van der Waals surface area contributed by atoms with Gasteiger partial charge in [-0.3, -0.25) is 4.79 Å². The summed E-state index contributed by atoms with van der Waals surface area (Å²) in [4.78, 5) is 13.7. The molecule has 2 heterocycles. The quantitative estimate of drug-likeness (QED) is 0.742. The molecular weight excluding hydrogens is 226 g/mol. The molecule has 1 fully saturated rings. The summed E-state index contributed by atoms with van der Waals surface area (Å²) in [6.45, 7) is 6.63. The molecule has 0 spiro atoms. The summed E-state index contributed by atoms with van der Waals surface area (Å²) in [6.07, 6.45) is 0.451. The smallest absolute Gasteiger partial charge is 0.228 e. The zero-order valence-corrected chi connectivity index (χ0v) is 10.9. The van der Waals surface area contributed by atoms with Gasteiger partial charge in [0.05, 0.1) is 17.8 Å². The van der Waals surface area contributed by atoms with Crippen molar-refractivity contribution in [2.75, 3.05) is 29.0 Å². The van der Waals surface area contributed by atoms with E-state index in [1.807, 2.05) is 12.1 Å². The van der Waals surface area contributed by atoms with Crippen molar-refractivity contribution in [2.24, 2.45) is 11.8 Å². The lowest BCUT2D eigenvalue weighted by Gasteiger charge is -2.21. The Morgan fingerprint density at radius 2 is 1.94 bits per heavy atom. The number of amides is 1. The molecule has 0 aromatic heterocycles. The lowest BCUT2D eigenvalue weighted by molar-refractivity contribution is -0.115. The van der Waals surface area contributed by atoms with Crippen LogP contribution in [0.15, 0.2) is 12.1 Å². The maximum Gasteiger partial charge on any atom is 0.228 e. The van der Waals surface area contributed by atoms with E-state index in [0.717, 1.165) is 35.7 Å². The zero-order valence-electron chi connectivity index (χ0n) is 10.9. The van der Waals surface area contributed by atoms with Crippen LogP contribution in [0.3, 0.4) is 0 Å². The number of nitrogens with one attached hydrogen (secondary N) is 1. The Balaban J connectivity index is 1.94. The van der Waals surface area contributed by atoms with E-state index in [0.29, 0.717) is 18.3 Å². The fourth-order valence-electron chi connectivity index (χ4n) is 2.88. The second-order valence-corrected chi connectivity index (χ2v) is 5.65. The summed E-state index contributed by atoms with van der Waals surface area (Å²) in [5, 5.41) is 2.89. The van der Waals surface area contributed by atoms with Gasteiger partial charge in [-0.2, -0.15) is 0 Å². The van der Waals surface area contributed by atoms with Gasteiger partial charge in [-0.1, -0.05) is 13.8 Å². The fraction of sp³-hybridized carbons (Fsp3) is 0.500. The summed E-state index contributed by atoms with van der Waals surface area (Å²) in [5.74, 6) is 1.43. The molecule has 4 heteroatoms. The highest BCUT2D eigenvalue weighted by Gasteiger charge is 2.28. The van der Waals surface area contributed by atoms with Crippen molar-refractivity contribution in [3.63, 3.8) is 0 Å². The molecule has 3 N–H and O–H groups in total. The van der Waals surface area contributed by atoms with Crippen molar-refractivity contribution < 1.29 is 4.79 Å². The molecule has 96 valence electrons. The van der Waals surface area contributed by atoms with Gasteiger partial charge in [-0.25, -0.2) is 0 Å². The molecular formula is C14H19N3O. The van der Waals surface area contributed by atoms with Crippen LogP contribution in [0, 0.1) is 11.8 Å². The first kappa shape index (κ1) is 11.4. The lowest BCUT2D eigenvalue weighted by atomic mass is 10.0. The van der Waals surface area contributed by atoms with Crippen molar-refractivity contribution >= 4 is 23.0 Å². The summed E-state index contributed by atoms with van der Waals surface area (Å²) in [6, 6.07) is 3.97. The van der Waals surface area contributed by atoms with Crippen LogP contribution in [0.5, 0.6) is 0 Å². The molecule has 0 aliphatic carbocycles. The van der Waals surface area contributed by atoms with E-state index in [1.165, 1.54) is 0 Å². The zero-order chi connectivity index (χ0) is 12.9. The molecule has 1 aromatic carbocycles. The number of carbonyl (C=O) groups is 1. The Morgan fingerprint density at radius 1 is 1.28 bits per heavy atom. The largest absolute Gasteiger partial charge is 0.397 e. The van der Waals surface area contributed by atoms with E-state index in [-0.39, 0.29) is 5.91 Å². The van der Waals surface area contributed by atoms with Gasteiger partial charge in [0.25, 0.3) is 0 Å². The molecule has 18 heavy (non-hydrogen) atoms. The Labute approximate surface area is 107 Å². The first-order valence-corrected chi connectivity index (χ1v) is 6.52. The number of hydrogen-bond donors (Lipinski definition) is 2. The van der Waals surface area contributed by atoms with Crippen molar-refractivity contribution in [3.05, 3.63) is 17.7 Å². The predicted octanol–water partition coefficient (Wildman–Crippen LogP) is 1.86. The molecule has 2 atom stereocenters. The van der Waals surface area contributed by atoms with E-state index in [2.05, 4.69) is 24.1 Å². The predicted molar refractivity (Wildman–Crippen MR) is 73.7 cm³/mol. The summed E-state index contributed by atoms with van der Waals surface area (Å²) in [7, 11) is 0. The molecule has 2 unspecified atom stereocenters. The standard InChI is InChI=1S/C14H19N3O/c1-8-6-17(7-9(8)2)13-5-12-10(3-11(13)15)4-14(18)16-12/h3,5,8-9H,4,6-7,15H2,1-2H3,(H,16,18). The lowest BCUT2D eigenvalue weighted by Crippen LogP contribution is -2.21. The summed E-state index contributed by atoms with van der Waals surface area (Å²) >= 11 is 0. The molecule has 1 saturated heterocycles. The van der Waals surface area contributed by atoms with Gasteiger partial charge < -0.3 is 16.0 Å². The van der Waals surface area contributed by atoms with Crippen LogP contribution in [0.1, 0.15) is 19.4 Å². The Morgan fingerprint density at radius 3 is 2.61 bits per heavy atom. The second-order valence-electron chi connectivity index (χ2n) is 5.65. The van der Waals surface area contributed by atoms with Crippen LogP contribution in [0.25, 0.3) is 0 Å². The Kier molecular flexibility index (Phi) is 2.47. The Bertz CT molecular complexity index is 502. The van der Waals surface area contributed by atoms with Crippen molar-refractivity contribution in [2.45, 2.75) is 20.3 Å². The van der Waals surface area contributed by atoms with Crippen LogP contribution in [-0.2, 0) is 11.2 Å². The minimum absolute atomic E-state index is 0.0599. The van der Waals surface area contributed by atoms with E-state index in [1.54, 1.807) is 0 Å². The van der Waals surface area contributed by atoms with Gasteiger partial charge in [0, 0.05) is 18.8 Å². The van der Waals surface area contributed by atoms with Crippen LogP contribution in [-0.4, -0.2) is 19.0 Å². The first-order chi connectivity index (χ1) is 8.54. The number of carbonyl (C=O) groups excluding carboxylic acids is 1. The minimum Gasteiger partial charge on any atom is -0.397 e. The molecule has 2 aliphatic rings. The van der Waals surface area contributed by atoms with Gasteiger partial charge in [-0.05, 0) is 29.5 Å². The number of fused-ring (bicyclic) bond motifs is 1. The number of nitrogens with zero attached hydrogens (tertiary/aromatic N) is 1. The monoisotopic (exact) mass is 245 g/mol. The maximum atomic E-state index is 11.4. The van der Waals surface area contributed by atoms with Crippen LogP contribution in [0.2, 0.25) is 0 Å². The number of anilines is 3. The number of hydrogen-bond acceptors (Lipinski definition) is 3. The molecule has 0 radical (unpaired) electrons. The average Bonchev–Trinajstić information content (AvgIpc) is 2.80. The van der Waals surface area contributed by atoms with Crippen LogP contribution < -0.4 is 16.0 Å². The third-order valence-corrected chi connectivity index (χ3v) is 4.21. The molecule has 0 bridgehead atoms. The van der Waals surface area contributed by atoms with Crippen molar-refractivity contribution in [1.82, 2.24) is 0 Å². The van der Waals surface area contributed by atoms with Gasteiger partial charge in [-0.15, -0.1) is 0 Å². The summed E-state index contributed by atoms with van der Waals surface area (Å²) < 4.78 is 0.